The van der Waals surface area contributed by atoms with Gasteiger partial charge in [0, 0.05) is 17.1 Å². The lowest BCUT2D eigenvalue weighted by Crippen LogP contribution is -2.29. The highest BCUT2D eigenvalue weighted by Crippen LogP contribution is 2.13. The molecule has 0 spiro atoms. The second-order valence-corrected chi connectivity index (χ2v) is 5.87. The molecule has 0 aromatic heterocycles. The van der Waals surface area contributed by atoms with Crippen LogP contribution < -0.4 is 10.1 Å². The molecule has 0 radical (unpaired) electrons. The molecule has 6 nitrogen and oxygen atoms in total. The van der Waals surface area contributed by atoms with Crippen LogP contribution in [0.5, 0.6) is 5.75 Å². The molecule has 7 heteroatoms. The SMILES string of the molecule is CC(=O)c1cccc(OCC(=O)OCC(=O)NCc2ccc(Cl)cc2)c1. The number of ketones is 1. The minimum Gasteiger partial charge on any atom is -0.482 e. The Morgan fingerprint density at radius 2 is 1.77 bits per heavy atom. The van der Waals surface area contributed by atoms with E-state index in [-0.39, 0.29) is 12.4 Å². The summed E-state index contributed by atoms with van der Waals surface area (Å²) in [5.41, 5.74) is 1.36. The summed E-state index contributed by atoms with van der Waals surface area (Å²) < 4.78 is 10.1. The lowest BCUT2D eigenvalue weighted by atomic mass is 10.1. The van der Waals surface area contributed by atoms with E-state index in [0.717, 1.165) is 5.56 Å². The van der Waals surface area contributed by atoms with Crippen LogP contribution in [0.4, 0.5) is 0 Å². The van der Waals surface area contributed by atoms with Crippen molar-refractivity contribution >= 4 is 29.3 Å². The Hall–Kier alpha value is -2.86. The summed E-state index contributed by atoms with van der Waals surface area (Å²) in [5.74, 6) is -0.830. The summed E-state index contributed by atoms with van der Waals surface area (Å²) in [6.45, 7) is 0.993. The molecule has 1 N–H and O–H groups in total. The van der Waals surface area contributed by atoms with E-state index < -0.39 is 18.5 Å². The van der Waals surface area contributed by atoms with Gasteiger partial charge in [0.2, 0.25) is 0 Å². The molecule has 2 rings (SSSR count). The van der Waals surface area contributed by atoms with Gasteiger partial charge in [-0.1, -0.05) is 35.9 Å². The van der Waals surface area contributed by atoms with Crippen molar-refractivity contribution in [3.8, 4) is 5.75 Å². The van der Waals surface area contributed by atoms with Crippen molar-refractivity contribution in [1.29, 1.82) is 0 Å². The molecule has 0 saturated carbocycles. The first-order valence-electron chi connectivity index (χ1n) is 7.84. The average molecular weight is 376 g/mol. The first kappa shape index (κ1) is 19.5. The molecule has 0 aliphatic rings. The van der Waals surface area contributed by atoms with Gasteiger partial charge in [0.15, 0.2) is 19.0 Å². The number of rotatable bonds is 8. The van der Waals surface area contributed by atoms with E-state index in [4.69, 9.17) is 21.1 Å². The highest BCUT2D eigenvalue weighted by Gasteiger charge is 2.09. The number of Topliss-reactive ketones (excluding diaryl/α,β-unsaturated/α-hetero) is 1. The van der Waals surface area contributed by atoms with E-state index in [0.29, 0.717) is 22.9 Å². The summed E-state index contributed by atoms with van der Waals surface area (Å²) in [5, 5.41) is 3.24. The third kappa shape index (κ3) is 6.57. The number of halogens is 1. The molecule has 2 aromatic carbocycles. The quantitative estimate of drug-likeness (QED) is 0.566. The number of amides is 1. The van der Waals surface area contributed by atoms with Gasteiger partial charge in [-0.15, -0.1) is 0 Å². The van der Waals surface area contributed by atoms with Crippen molar-refractivity contribution < 1.29 is 23.9 Å². The number of benzene rings is 2. The molecule has 0 fully saturated rings. The van der Waals surface area contributed by atoms with Crippen molar-refractivity contribution in [2.45, 2.75) is 13.5 Å². The first-order chi connectivity index (χ1) is 12.4. The maximum absolute atomic E-state index is 11.7. The highest BCUT2D eigenvalue weighted by atomic mass is 35.5. The molecule has 1 amide bonds. The highest BCUT2D eigenvalue weighted by molar-refractivity contribution is 6.30. The standard InChI is InChI=1S/C19H18ClNO5/c1-13(22)15-3-2-4-17(9-15)25-12-19(24)26-11-18(23)21-10-14-5-7-16(20)8-6-14/h2-9H,10-12H2,1H3,(H,21,23). The van der Waals surface area contributed by atoms with Gasteiger partial charge in [0.1, 0.15) is 5.75 Å². The molecule has 0 atom stereocenters. The van der Waals surface area contributed by atoms with Crippen molar-refractivity contribution in [3.63, 3.8) is 0 Å². The zero-order chi connectivity index (χ0) is 18.9. The predicted molar refractivity (Wildman–Crippen MR) is 96.2 cm³/mol. The molecule has 0 aliphatic heterocycles. The van der Waals surface area contributed by atoms with Gasteiger partial charge in [-0.3, -0.25) is 9.59 Å². The van der Waals surface area contributed by atoms with Crippen LogP contribution in [0.3, 0.4) is 0 Å². The first-order valence-corrected chi connectivity index (χ1v) is 8.22. The van der Waals surface area contributed by atoms with Crippen LogP contribution in [0.2, 0.25) is 5.02 Å². The summed E-state index contributed by atoms with van der Waals surface area (Å²) in [6, 6.07) is 13.5. The van der Waals surface area contributed by atoms with Crippen molar-refractivity contribution in [3.05, 3.63) is 64.7 Å². The third-order valence-corrected chi connectivity index (χ3v) is 3.62. The van der Waals surface area contributed by atoms with E-state index >= 15 is 0 Å². The number of hydrogen-bond donors (Lipinski definition) is 1. The Bertz CT molecular complexity index is 789. The Labute approximate surface area is 156 Å². The van der Waals surface area contributed by atoms with Crippen molar-refractivity contribution in [2.75, 3.05) is 13.2 Å². The van der Waals surface area contributed by atoms with E-state index in [9.17, 15) is 14.4 Å². The maximum Gasteiger partial charge on any atom is 0.344 e. The molecular weight excluding hydrogens is 358 g/mol. The number of nitrogens with one attached hydrogen (secondary N) is 1. The topological polar surface area (TPSA) is 81.7 Å². The number of carbonyl (C=O) groups is 3. The Morgan fingerprint density at radius 1 is 1.04 bits per heavy atom. The second kappa shape index (κ2) is 9.58. The third-order valence-electron chi connectivity index (χ3n) is 3.36. The van der Waals surface area contributed by atoms with Gasteiger partial charge >= 0.3 is 5.97 Å². The summed E-state index contributed by atoms with van der Waals surface area (Å²) in [4.78, 5) is 34.6. The minimum absolute atomic E-state index is 0.101. The van der Waals surface area contributed by atoms with E-state index in [1.807, 2.05) is 0 Å². The Morgan fingerprint density at radius 3 is 2.46 bits per heavy atom. The van der Waals surface area contributed by atoms with Gasteiger partial charge in [0.05, 0.1) is 0 Å². The molecule has 0 unspecified atom stereocenters. The molecule has 0 bridgehead atoms. The molecule has 2 aromatic rings. The average Bonchev–Trinajstić information content (AvgIpc) is 2.64. The van der Waals surface area contributed by atoms with E-state index in [1.54, 1.807) is 42.5 Å². The van der Waals surface area contributed by atoms with Crippen LogP contribution in [0.1, 0.15) is 22.8 Å². The van der Waals surface area contributed by atoms with Crippen LogP contribution in [-0.4, -0.2) is 30.9 Å². The van der Waals surface area contributed by atoms with E-state index in [1.165, 1.54) is 13.0 Å². The van der Waals surface area contributed by atoms with Crippen LogP contribution in [0.15, 0.2) is 48.5 Å². The number of hydrogen-bond acceptors (Lipinski definition) is 5. The van der Waals surface area contributed by atoms with Gasteiger partial charge in [-0.2, -0.15) is 0 Å². The summed E-state index contributed by atoms with van der Waals surface area (Å²) in [7, 11) is 0. The molecule has 0 heterocycles. The fourth-order valence-corrected chi connectivity index (χ4v) is 2.11. The van der Waals surface area contributed by atoms with Crippen LogP contribution in [0.25, 0.3) is 0 Å². The largest absolute Gasteiger partial charge is 0.482 e. The predicted octanol–water partition coefficient (Wildman–Crippen LogP) is 2.78. The maximum atomic E-state index is 11.7. The van der Waals surface area contributed by atoms with Crippen LogP contribution in [0, 0.1) is 0 Å². The van der Waals surface area contributed by atoms with Gasteiger partial charge in [-0.25, -0.2) is 4.79 Å². The Kier molecular flexibility index (Phi) is 7.17. The smallest absolute Gasteiger partial charge is 0.344 e. The zero-order valence-corrected chi connectivity index (χ0v) is 14.9. The lowest BCUT2D eigenvalue weighted by molar-refractivity contribution is -0.150. The van der Waals surface area contributed by atoms with Gasteiger partial charge < -0.3 is 14.8 Å². The van der Waals surface area contributed by atoms with Crippen molar-refractivity contribution in [1.82, 2.24) is 5.32 Å². The second-order valence-electron chi connectivity index (χ2n) is 5.44. The number of ether oxygens (including phenoxy) is 2. The van der Waals surface area contributed by atoms with Gasteiger partial charge in [-0.05, 0) is 36.8 Å². The summed E-state index contributed by atoms with van der Waals surface area (Å²) in [6.07, 6.45) is 0. The Balaban J connectivity index is 1.69. The van der Waals surface area contributed by atoms with E-state index in [2.05, 4.69) is 5.32 Å². The number of esters is 1. The molecule has 26 heavy (non-hydrogen) atoms. The van der Waals surface area contributed by atoms with Crippen molar-refractivity contribution in [2.24, 2.45) is 0 Å². The molecule has 0 aliphatic carbocycles. The summed E-state index contributed by atoms with van der Waals surface area (Å²) >= 11 is 5.78. The lowest BCUT2D eigenvalue weighted by Gasteiger charge is -2.08. The minimum atomic E-state index is -0.681. The molecule has 0 saturated heterocycles. The normalized spacial score (nSPS) is 10.1. The molecular formula is C19H18ClNO5. The zero-order valence-electron chi connectivity index (χ0n) is 14.2. The van der Waals surface area contributed by atoms with Crippen LogP contribution in [-0.2, 0) is 20.9 Å². The molecule has 136 valence electrons. The van der Waals surface area contributed by atoms with Crippen LogP contribution >= 0.6 is 11.6 Å². The van der Waals surface area contributed by atoms with Gasteiger partial charge in [0.25, 0.3) is 5.91 Å². The fraction of sp³-hybridized carbons (Fsp3) is 0.211. The fourth-order valence-electron chi connectivity index (χ4n) is 1.99. The monoisotopic (exact) mass is 375 g/mol. The number of carbonyl (C=O) groups excluding carboxylic acids is 3.